The number of aromatic nitrogens is 2. The van der Waals surface area contributed by atoms with Crippen molar-refractivity contribution in [3.05, 3.63) is 63.0 Å². The lowest BCUT2D eigenvalue weighted by atomic mass is 10.1. The first-order valence-electron chi connectivity index (χ1n) is 7.36. The van der Waals surface area contributed by atoms with E-state index in [1.54, 1.807) is 25.4 Å². The van der Waals surface area contributed by atoms with E-state index < -0.39 is 5.91 Å². The Kier molecular flexibility index (Phi) is 4.99. The van der Waals surface area contributed by atoms with Crippen molar-refractivity contribution in [2.24, 2.45) is 0 Å². The Labute approximate surface area is 158 Å². The molecule has 2 heterocycles. The fourth-order valence-electron chi connectivity index (χ4n) is 2.49. The summed E-state index contributed by atoms with van der Waals surface area (Å²) >= 11 is 18.6. The van der Waals surface area contributed by atoms with E-state index in [2.05, 4.69) is 10.3 Å². The summed E-state index contributed by atoms with van der Waals surface area (Å²) in [5, 5.41) is 3.86. The van der Waals surface area contributed by atoms with Gasteiger partial charge in [-0.1, -0.05) is 34.8 Å². The van der Waals surface area contributed by atoms with Crippen molar-refractivity contribution >= 4 is 57.5 Å². The number of fused-ring (bicyclic) bond motifs is 1. The highest BCUT2D eigenvalue weighted by atomic mass is 35.5. The minimum atomic E-state index is -0.444. The third-order valence-electron chi connectivity index (χ3n) is 3.63. The predicted octanol–water partition coefficient (Wildman–Crippen LogP) is 4.43. The number of halogens is 3. The van der Waals surface area contributed by atoms with Crippen LogP contribution in [-0.2, 0) is 0 Å². The fraction of sp³-hybridized carbons (Fsp3) is 0.118. The summed E-state index contributed by atoms with van der Waals surface area (Å²) in [6, 6.07) is 4.50. The average molecular weight is 397 g/mol. The zero-order valence-electron chi connectivity index (χ0n) is 13.0. The van der Waals surface area contributed by atoms with E-state index in [-0.39, 0.29) is 27.1 Å². The van der Waals surface area contributed by atoms with Gasteiger partial charge in [0.05, 0.1) is 26.1 Å². The Morgan fingerprint density at radius 3 is 2.48 bits per heavy atom. The van der Waals surface area contributed by atoms with Crippen LogP contribution in [0.15, 0.2) is 36.8 Å². The highest BCUT2D eigenvalue weighted by Crippen LogP contribution is 2.31. The van der Waals surface area contributed by atoms with Gasteiger partial charge in [0.1, 0.15) is 0 Å². The molecule has 1 aromatic carbocycles. The SMILES string of the molecule is CCNC(=O)c1cc(Cl)c(C(=O)n2cc(Cl)c3cnccc32)c(Cl)c1. The van der Waals surface area contributed by atoms with Crippen molar-refractivity contribution in [2.75, 3.05) is 6.54 Å². The van der Waals surface area contributed by atoms with Crippen LogP contribution in [0.2, 0.25) is 15.1 Å². The Morgan fingerprint density at radius 1 is 1.16 bits per heavy atom. The minimum Gasteiger partial charge on any atom is -0.352 e. The summed E-state index contributed by atoms with van der Waals surface area (Å²) in [6.07, 6.45) is 4.62. The van der Waals surface area contributed by atoms with Crippen LogP contribution in [0.4, 0.5) is 0 Å². The van der Waals surface area contributed by atoms with Crippen LogP contribution >= 0.6 is 34.8 Å². The second-order valence-electron chi connectivity index (χ2n) is 5.22. The third-order valence-corrected chi connectivity index (χ3v) is 4.53. The molecule has 128 valence electrons. The largest absolute Gasteiger partial charge is 0.352 e. The molecule has 0 spiro atoms. The highest BCUT2D eigenvalue weighted by Gasteiger charge is 2.22. The zero-order chi connectivity index (χ0) is 18.1. The van der Waals surface area contributed by atoms with E-state index in [4.69, 9.17) is 34.8 Å². The number of hydrogen-bond donors (Lipinski definition) is 1. The monoisotopic (exact) mass is 395 g/mol. The summed E-state index contributed by atoms with van der Waals surface area (Å²) in [5.74, 6) is -0.758. The average Bonchev–Trinajstić information content (AvgIpc) is 2.92. The molecule has 1 amide bonds. The molecule has 0 aliphatic rings. The maximum absolute atomic E-state index is 12.9. The topological polar surface area (TPSA) is 64.0 Å². The van der Waals surface area contributed by atoms with Crippen molar-refractivity contribution in [3.63, 3.8) is 0 Å². The first kappa shape index (κ1) is 17.7. The molecule has 0 radical (unpaired) electrons. The molecule has 2 aromatic heterocycles. The number of benzene rings is 1. The molecule has 0 bridgehead atoms. The number of nitrogens with one attached hydrogen (secondary N) is 1. The van der Waals surface area contributed by atoms with Crippen molar-refractivity contribution in [2.45, 2.75) is 6.92 Å². The number of nitrogens with zero attached hydrogens (tertiary/aromatic N) is 2. The Balaban J connectivity index is 2.09. The Morgan fingerprint density at radius 2 is 1.84 bits per heavy atom. The molecule has 0 saturated heterocycles. The first-order chi connectivity index (χ1) is 11.9. The van der Waals surface area contributed by atoms with E-state index in [9.17, 15) is 9.59 Å². The van der Waals surface area contributed by atoms with Crippen LogP contribution in [-0.4, -0.2) is 27.9 Å². The van der Waals surface area contributed by atoms with Crippen LogP contribution in [0.25, 0.3) is 10.9 Å². The van der Waals surface area contributed by atoms with Gasteiger partial charge in [-0.2, -0.15) is 0 Å². The molecule has 1 N–H and O–H groups in total. The quantitative estimate of drug-likeness (QED) is 0.712. The van der Waals surface area contributed by atoms with Gasteiger partial charge in [-0.25, -0.2) is 0 Å². The summed E-state index contributed by atoms with van der Waals surface area (Å²) < 4.78 is 1.36. The number of carbonyl (C=O) groups is 2. The number of pyridine rings is 1. The van der Waals surface area contributed by atoms with Crippen molar-refractivity contribution in [1.29, 1.82) is 0 Å². The van der Waals surface area contributed by atoms with Crippen LogP contribution < -0.4 is 5.32 Å². The first-order valence-corrected chi connectivity index (χ1v) is 8.50. The molecular weight excluding hydrogens is 385 g/mol. The smallest absolute Gasteiger partial charge is 0.265 e. The maximum Gasteiger partial charge on any atom is 0.265 e. The lowest BCUT2D eigenvalue weighted by Gasteiger charge is -2.10. The van der Waals surface area contributed by atoms with Gasteiger partial charge in [0, 0.05) is 36.1 Å². The molecular formula is C17H12Cl3N3O2. The molecule has 0 aliphatic heterocycles. The van der Waals surface area contributed by atoms with Gasteiger partial charge in [0.2, 0.25) is 0 Å². The van der Waals surface area contributed by atoms with E-state index in [0.29, 0.717) is 22.5 Å². The lowest BCUT2D eigenvalue weighted by molar-refractivity contribution is 0.0948. The Hall–Kier alpha value is -2.08. The predicted molar refractivity (Wildman–Crippen MR) is 98.9 cm³/mol. The van der Waals surface area contributed by atoms with Crippen molar-refractivity contribution in [3.8, 4) is 0 Å². The van der Waals surface area contributed by atoms with Gasteiger partial charge < -0.3 is 5.32 Å². The van der Waals surface area contributed by atoms with Gasteiger partial charge >= 0.3 is 0 Å². The van der Waals surface area contributed by atoms with Crippen LogP contribution in [0.3, 0.4) is 0 Å². The highest BCUT2D eigenvalue weighted by molar-refractivity contribution is 6.41. The Bertz CT molecular complexity index is 975. The fourth-order valence-corrected chi connectivity index (χ4v) is 3.39. The number of amides is 1. The van der Waals surface area contributed by atoms with Crippen LogP contribution in [0.1, 0.15) is 27.6 Å². The van der Waals surface area contributed by atoms with Gasteiger partial charge in [-0.15, -0.1) is 0 Å². The van der Waals surface area contributed by atoms with E-state index in [0.717, 1.165) is 0 Å². The van der Waals surface area contributed by atoms with Crippen molar-refractivity contribution < 1.29 is 9.59 Å². The second kappa shape index (κ2) is 7.04. The molecule has 8 heteroatoms. The molecule has 3 aromatic rings. The lowest BCUT2D eigenvalue weighted by Crippen LogP contribution is -2.23. The second-order valence-corrected chi connectivity index (χ2v) is 6.44. The molecule has 5 nitrogen and oxygen atoms in total. The van der Waals surface area contributed by atoms with Gasteiger partial charge in [0.15, 0.2) is 0 Å². The summed E-state index contributed by atoms with van der Waals surface area (Å²) in [7, 11) is 0. The van der Waals surface area contributed by atoms with Gasteiger partial charge in [0.25, 0.3) is 11.8 Å². The molecule has 0 saturated carbocycles. The van der Waals surface area contributed by atoms with Crippen molar-refractivity contribution in [1.82, 2.24) is 14.9 Å². The number of hydrogen-bond acceptors (Lipinski definition) is 3. The van der Waals surface area contributed by atoms with Crippen LogP contribution in [0.5, 0.6) is 0 Å². The van der Waals surface area contributed by atoms with E-state index >= 15 is 0 Å². The molecule has 0 aliphatic carbocycles. The maximum atomic E-state index is 12.9. The normalized spacial score (nSPS) is 10.9. The van der Waals surface area contributed by atoms with E-state index in [1.807, 2.05) is 0 Å². The minimum absolute atomic E-state index is 0.0887. The summed E-state index contributed by atoms with van der Waals surface area (Å²) in [5.41, 5.74) is 0.972. The van der Waals surface area contributed by atoms with E-state index in [1.165, 1.54) is 22.9 Å². The molecule has 0 unspecified atom stereocenters. The van der Waals surface area contributed by atoms with Gasteiger partial charge in [-0.3, -0.25) is 19.1 Å². The summed E-state index contributed by atoms with van der Waals surface area (Å²) in [4.78, 5) is 28.9. The standard InChI is InChI=1S/C17H12Cl3N3O2/c1-2-22-16(24)9-5-11(18)15(12(19)6-9)17(25)23-8-13(20)10-7-21-4-3-14(10)23/h3-8H,2H2,1H3,(H,22,24). The molecule has 25 heavy (non-hydrogen) atoms. The molecule has 0 fully saturated rings. The third kappa shape index (κ3) is 3.23. The number of carbonyl (C=O) groups excluding carboxylic acids is 2. The van der Waals surface area contributed by atoms with Gasteiger partial charge in [-0.05, 0) is 25.1 Å². The molecule has 3 rings (SSSR count). The molecule has 0 atom stereocenters. The number of rotatable bonds is 3. The zero-order valence-corrected chi connectivity index (χ0v) is 15.3. The summed E-state index contributed by atoms with van der Waals surface area (Å²) in [6.45, 7) is 2.27. The van der Waals surface area contributed by atoms with Crippen LogP contribution in [0, 0.1) is 0 Å².